The first-order valence-electron chi connectivity index (χ1n) is 9.59. The molecule has 1 saturated carbocycles. The number of halogens is 3. The van der Waals surface area contributed by atoms with Crippen molar-refractivity contribution in [1.29, 1.82) is 0 Å². The Kier molecular flexibility index (Phi) is 5.80. The first kappa shape index (κ1) is 20.2. The molecule has 0 aliphatic heterocycles. The monoisotopic (exact) mass is 510 g/mol. The van der Waals surface area contributed by atoms with Crippen LogP contribution in [0.3, 0.4) is 0 Å². The van der Waals surface area contributed by atoms with E-state index in [-0.39, 0.29) is 17.8 Å². The lowest BCUT2D eigenvalue weighted by Crippen LogP contribution is -2.25. The average molecular weight is 510 g/mol. The van der Waals surface area contributed by atoms with Gasteiger partial charge in [0, 0.05) is 46.5 Å². The van der Waals surface area contributed by atoms with Gasteiger partial charge in [-0.25, -0.2) is 4.98 Å². The maximum Gasteiger partial charge on any atom is 0.355 e. The summed E-state index contributed by atoms with van der Waals surface area (Å²) < 4.78 is 32.8. The van der Waals surface area contributed by atoms with Crippen LogP contribution in [0.1, 0.15) is 48.8 Å². The Morgan fingerprint density at radius 3 is 2.38 bits per heavy atom. The predicted molar refractivity (Wildman–Crippen MR) is 114 cm³/mol. The molecular formula is C21H21F2IN4O. The van der Waals surface area contributed by atoms with Crippen LogP contribution < -0.4 is 4.74 Å². The van der Waals surface area contributed by atoms with Gasteiger partial charge in [-0.2, -0.15) is 8.78 Å². The van der Waals surface area contributed by atoms with E-state index in [1.807, 2.05) is 49.4 Å². The zero-order valence-electron chi connectivity index (χ0n) is 15.9. The van der Waals surface area contributed by atoms with Crippen molar-refractivity contribution in [2.45, 2.75) is 48.6 Å². The van der Waals surface area contributed by atoms with E-state index in [0.717, 1.165) is 53.8 Å². The summed E-state index contributed by atoms with van der Waals surface area (Å²) >= 11 is 1.12. The van der Waals surface area contributed by atoms with Crippen molar-refractivity contribution in [3.8, 4) is 11.6 Å². The molecule has 29 heavy (non-hydrogen) atoms. The Morgan fingerprint density at radius 1 is 1.03 bits per heavy atom. The average Bonchev–Trinajstić information content (AvgIpc) is 3.16. The Labute approximate surface area is 181 Å². The molecule has 0 spiro atoms. The summed E-state index contributed by atoms with van der Waals surface area (Å²) in [6.07, 6.45) is 5.01. The lowest BCUT2D eigenvalue weighted by molar-refractivity contribution is 0.113. The highest BCUT2D eigenvalue weighted by Crippen LogP contribution is 2.39. The zero-order chi connectivity index (χ0) is 20.4. The molecule has 0 atom stereocenters. The molecule has 0 bridgehead atoms. The van der Waals surface area contributed by atoms with Crippen LogP contribution in [0, 0.1) is 6.92 Å². The fourth-order valence-corrected chi connectivity index (χ4v) is 4.07. The standard InChI is InChI=1S/C21H21F2IN4O/c1-14-5-9-16(10-6-14)28-19(26-27-20(28)21(22,23)24)15-7-11-17(12-8-15)29-18-4-2-3-13-25-18/h2-6,9-10,13,15,17H,7-8,11-12H2,1H3/t15-,17-. The number of alkyl halides is 3. The molecule has 0 amide bonds. The maximum absolute atomic E-state index is 14.2. The van der Waals surface area contributed by atoms with Gasteiger partial charge in [-0.05, 0) is 50.8 Å². The second-order valence-corrected chi connectivity index (χ2v) is 8.66. The number of aromatic nitrogens is 4. The van der Waals surface area contributed by atoms with Gasteiger partial charge in [0.2, 0.25) is 11.7 Å². The molecule has 2 aromatic heterocycles. The van der Waals surface area contributed by atoms with Crippen LogP contribution in [0.2, 0.25) is 0 Å². The van der Waals surface area contributed by atoms with Crippen molar-refractivity contribution in [3.05, 3.63) is 65.9 Å². The topological polar surface area (TPSA) is 52.8 Å². The fourth-order valence-electron chi connectivity index (χ4n) is 3.72. The fraction of sp³-hybridized carbons (Fsp3) is 0.381. The van der Waals surface area contributed by atoms with E-state index < -0.39 is 3.93 Å². The Morgan fingerprint density at radius 2 is 1.76 bits per heavy atom. The number of benzene rings is 1. The molecule has 0 N–H and O–H groups in total. The summed E-state index contributed by atoms with van der Waals surface area (Å²) in [5.41, 5.74) is 1.73. The van der Waals surface area contributed by atoms with E-state index in [4.69, 9.17) is 4.74 Å². The number of ether oxygens (including phenoxy) is 1. The van der Waals surface area contributed by atoms with E-state index in [1.165, 1.54) is 4.57 Å². The van der Waals surface area contributed by atoms with Crippen molar-refractivity contribution < 1.29 is 13.5 Å². The second kappa shape index (κ2) is 8.33. The van der Waals surface area contributed by atoms with Gasteiger partial charge in [-0.3, -0.25) is 4.57 Å². The van der Waals surface area contributed by atoms with Crippen LogP contribution >= 0.6 is 22.6 Å². The first-order valence-corrected chi connectivity index (χ1v) is 10.7. The van der Waals surface area contributed by atoms with Gasteiger partial charge in [0.1, 0.15) is 11.9 Å². The number of hydrogen-bond acceptors (Lipinski definition) is 4. The minimum Gasteiger partial charge on any atom is -0.474 e. The summed E-state index contributed by atoms with van der Waals surface area (Å²) in [5.74, 6) is 0.936. The van der Waals surface area contributed by atoms with Crippen molar-refractivity contribution in [1.82, 2.24) is 19.7 Å². The van der Waals surface area contributed by atoms with Crippen LogP contribution in [0.25, 0.3) is 5.69 Å². The number of rotatable bonds is 5. The number of aryl methyl sites for hydroxylation is 1. The molecular weight excluding hydrogens is 489 g/mol. The molecule has 0 unspecified atom stereocenters. The quantitative estimate of drug-likeness (QED) is 0.333. The highest BCUT2D eigenvalue weighted by atomic mass is 127. The van der Waals surface area contributed by atoms with Gasteiger partial charge >= 0.3 is 3.93 Å². The molecule has 5 nitrogen and oxygen atoms in total. The van der Waals surface area contributed by atoms with Crippen LogP contribution in [0.5, 0.6) is 5.88 Å². The van der Waals surface area contributed by atoms with Gasteiger partial charge < -0.3 is 4.74 Å². The molecule has 1 aliphatic rings. The minimum absolute atomic E-state index is 0.0554. The number of hydrogen-bond donors (Lipinski definition) is 0. The molecule has 1 aliphatic carbocycles. The molecule has 8 heteroatoms. The third-order valence-corrected chi connectivity index (χ3v) is 5.68. The van der Waals surface area contributed by atoms with Crippen LogP contribution in [-0.2, 0) is 3.93 Å². The third kappa shape index (κ3) is 4.57. The van der Waals surface area contributed by atoms with E-state index in [1.54, 1.807) is 6.20 Å². The van der Waals surface area contributed by atoms with Gasteiger partial charge in [-0.1, -0.05) is 23.8 Å². The first-order chi connectivity index (χ1) is 13.9. The molecule has 3 aromatic rings. The normalized spacial score (nSPS) is 19.9. The molecule has 0 saturated heterocycles. The van der Waals surface area contributed by atoms with Gasteiger partial charge in [0.15, 0.2) is 0 Å². The van der Waals surface area contributed by atoms with Crippen molar-refractivity contribution >= 4 is 22.6 Å². The Balaban J connectivity index is 1.56. The molecule has 4 rings (SSSR count). The highest BCUT2D eigenvalue weighted by Gasteiger charge is 2.37. The van der Waals surface area contributed by atoms with E-state index in [0.29, 0.717) is 17.4 Å². The van der Waals surface area contributed by atoms with Crippen LogP contribution in [-0.4, -0.2) is 25.9 Å². The predicted octanol–water partition coefficient (Wildman–Crippen LogP) is 5.56. The summed E-state index contributed by atoms with van der Waals surface area (Å²) in [5, 5.41) is 8.05. The summed E-state index contributed by atoms with van der Waals surface area (Å²) in [6, 6.07) is 13.1. The van der Waals surface area contributed by atoms with Crippen LogP contribution in [0.15, 0.2) is 48.7 Å². The van der Waals surface area contributed by atoms with Gasteiger partial charge in [0.25, 0.3) is 0 Å². The second-order valence-electron chi connectivity index (χ2n) is 7.31. The van der Waals surface area contributed by atoms with E-state index in [9.17, 15) is 8.78 Å². The zero-order valence-corrected chi connectivity index (χ0v) is 18.1. The summed E-state index contributed by atoms with van der Waals surface area (Å²) in [6.45, 7) is 1.97. The third-order valence-electron chi connectivity index (χ3n) is 5.20. The van der Waals surface area contributed by atoms with Crippen LogP contribution in [0.4, 0.5) is 8.78 Å². The minimum atomic E-state index is -3.10. The molecule has 152 valence electrons. The SMILES string of the molecule is Cc1ccc(-n2c(C(F)(F)I)nnc2[C@H]2CC[C@H](Oc3ccccn3)CC2)cc1. The molecule has 1 fully saturated rings. The van der Waals surface area contributed by atoms with Gasteiger partial charge in [0.05, 0.1) is 0 Å². The summed E-state index contributed by atoms with van der Waals surface area (Å²) in [4.78, 5) is 4.21. The summed E-state index contributed by atoms with van der Waals surface area (Å²) in [7, 11) is 0. The molecule has 0 radical (unpaired) electrons. The maximum atomic E-state index is 14.2. The number of nitrogens with zero attached hydrogens (tertiary/aromatic N) is 4. The van der Waals surface area contributed by atoms with Crippen molar-refractivity contribution in [2.24, 2.45) is 0 Å². The van der Waals surface area contributed by atoms with E-state index >= 15 is 0 Å². The van der Waals surface area contributed by atoms with Crippen molar-refractivity contribution in [3.63, 3.8) is 0 Å². The van der Waals surface area contributed by atoms with E-state index in [2.05, 4.69) is 15.2 Å². The number of pyridine rings is 1. The lowest BCUT2D eigenvalue weighted by Gasteiger charge is -2.28. The molecule has 1 aromatic carbocycles. The Bertz CT molecular complexity index is 949. The molecule has 2 heterocycles. The lowest BCUT2D eigenvalue weighted by atomic mass is 9.86. The highest BCUT2D eigenvalue weighted by molar-refractivity contribution is 14.1. The smallest absolute Gasteiger partial charge is 0.355 e. The van der Waals surface area contributed by atoms with Crippen molar-refractivity contribution in [2.75, 3.05) is 0 Å². The van der Waals surface area contributed by atoms with Gasteiger partial charge in [-0.15, -0.1) is 10.2 Å². The Hall–Kier alpha value is -2.10. The largest absolute Gasteiger partial charge is 0.474 e.